The van der Waals surface area contributed by atoms with Crippen LogP contribution in [0.4, 0.5) is 0 Å². The van der Waals surface area contributed by atoms with Gasteiger partial charge >= 0.3 is 0 Å². The quantitative estimate of drug-likeness (QED) is 0.655. The van der Waals surface area contributed by atoms with E-state index in [4.69, 9.17) is 9.47 Å². The first-order valence-corrected chi connectivity index (χ1v) is 5.05. The predicted octanol–water partition coefficient (Wildman–Crippen LogP) is 2.96. The molecule has 2 nitrogen and oxygen atoms in total. The Morgan fingerprint density at radius 3 is 2.42 bits per heavy atom. The largest absolute Gasteiger partial charge is 0.356 e. The van der Waals surface area contributed by atoms with E-state index in [1.807, 2.05) is 13.8 Å². The molecule has 0 bridgehead atoms. The van der Waals surface area contributed by atoms with E-state index in [2.05, 4.69) is 6.92 Å². The summed E-state index contributed by atoms with van der Waals surface area (Å²) in [5.41, 5.74) is 0. The minimum atomic E-state index is 0.0801. The van der Waals surface area contributed by atoms with Gasteiger partial charge in [-0.3, -0.25) is 0 Å². The van der Waals surface area contributed by atoms with Crippen LogP contribution in [0.15, 0.2) is 0 Å². The van der Waals surface area contributed by atoms with Crippen LogP contribution in [-0.4, -0.2) is 19.5 Å². The molecule has 0 radical (unpaired) electrons. The molecule has 0 saturated carbocycles. The summed E-state index contributed by atoms with van der Waals surface area (Å²) in [5, 5.41) is 0. The van der Waals surface area contributed by atoms with E-state index in [0.29, 0.717) is 6.10 Å². The Kier molecular flexibility index (Phi) is 7.51. The number of methoxy groups -OCH3 is 1. The molecule has 2 heteroatoms. The first kappa shape index (κ1) is 11.9. The van der Waals surface area contributed by atoms with Crippen molar-refractivity contribution in [3.63, 3.8) is 0 Å². The standard InChI is InChI=1S/C8H16O2.C2H6/c1-3-4-7-5-6-8(9-2)10-7;1-2/h7-8H,3-6H2,1-2H3;1-2H3. The minimum Gasteiger partial charge on any atom is -0.356 e. The van der Waals surface area contributed by atoms with E-state index >= 15 is 0 Å². The van der Waals surface area contributed by atoms with E-state index < -0.39 is 0 Å². The normalized spacial score (nSPS) is 28.0. The van der Waals surface area contributed by atoms with Crippen LogP contribution in [0.3, 0.4) is 0 Å². The van der Waals surface area contributed by atoms with Gasteiger partial charge in [-0.25, -0.2) is 0 Å². The molecular weight excluding hydrogens is 152 g/mol. The van der Waals surface area contributed by atoms with Gasteiger partial charge in [0.25, 0.3) is 0 Å². The van der Waals surface area contributed by atoms with Crippen LogP contribution in [0.25, 0.3) is 0 Å². The molecule has 12 heavy (non-hydrogen) atoms. The third kappa shape index (κ3) is 4.07. The molecule has 1 rings (SSSR count). The summed E-state index contributed by atoms with van der Waals surface area (Å²) in [7, 11) is 1.71. The summed E-state index contributed by atoms with van der Waals surface area (Å²) in [6.45, 7) is 6.18. The fourth-order valence-corrected chi connectivity index (χ4v) is 1.38. The summed E-state index contributed by atoms with van der Waals surface area (Å²) >= 11 is 0. The van der Waals surface area contributed by atoms with Crippen molar-refractivity contribution in [2.24, 2.45) is 0 Å². The highest BCUT2D eigenvalue weighted by Gasteiger charge is 2.23. The molecule has 2 atom stereocenters. The number of rotatable bonds is 3. The average Bonchev–Trinajstić information content (AvgIpc) is 2.57. The molecule has 0 amide bonds. The van der Waals surface area contributed by atoms with Crippen molar-refractivity contribution < 1.29 is 9.47 Å². The molecule has 1 fully saturated rings. The van der Waals surface area contributed by atoms with Gasteiger partial charge < -0.3 is 9.47 Å². The molecule has 74 valence electrons. The van der Waals surface area contributed by atoms with Crippen molar-refractivity contribution in [3.05, 3.63) is 0 Å². The maximum atomic E-state index is 5.53. The van der Waals surface area contributed by atoms with Crippen LogP contribution in [0.5, 0.6) is 0 Å². The molecule has 2 unspecified atom stereocenters. The van der Waals surface area contributed by atoms with Crippen molar-refractivity contribution in [1.29, 1.82) is 0 Å². The van der Waals surface area contributed by atoms with Crippen molar-refractivity contribution in [2.75, 3.05) is 7.11 Å². The lowest BCUT2D eigenvalue weighted by atomic mass is 10.1. The van der Waals surface area contributed by atoms with E-state index in [-0.39, 0.29) is 6.29 Å². The van der Waals surface area contributed by atoms with Crippen LogP contribution >= 0.6 is 0 Å². The van der Waals surface area contributed by atoms with Gasteiger partial charge in [-0.05, 0) is 12.8 Å². The molecule has 0 aromatic heterocycles. The molecular formula is C10H22O2. The first-order chi connectivity index (χ1) is 5.86. The molecule has 1 saturated heterocycles. The summed E-state index contributed by atoms with van der Waals surface area (Å²) in [6, 6.07) is 0. The monoisotopic (exact) mass is 174 g/mol. The zero-order chi connectivity index (χ0) is 9.40. The Labute approximate surface area is 76.3 Å². The molecule has 0 aliphatic carbocycles. The minimum absolute atomic E-state index is 0.0801. The Hall–Kier alpha value is -0.0800. The second-order valence-corrected chi connectivity index (χ2v) is 2.79. The lowest BCUT2D eigenvalue weighted by molar-refractivity contribution is -0.115. The summed E-state index contributed by atoms with van der Waals surface area (Å²) in [5.74, 6) is 0. The third-order valence-corrected chi connectivity index (χ3v) is 1.94. The Balaban J connectivity index is 0.000000561. The van der Waals surface area contributed by atoms with Crippen LogP contribution in [0.1, 0.15) is 46.5 Å². The van der Waals surface area contributed by atoms with Crippen molar-refractivity contribution in [2.45, 2.75) is 58.8 Å². The fourth-order valence-electron chi connectivity index (χ4n) is 1.38. The zero-order valence-electron chi connectivity index (χ0n) is 8.80. The lowest BCUT2D eigenvalue weighted by Crippen LogP contribution is -2.11. The van der Waals surface area contributed by atoms with Gasteiger partial charge in [0.1, 0.15) is 0 Å². The lowest BCUT2D eigenvalue weighted by Gasteiger charge is -2.10. The predicted molar refractivity (Wildman–Crippen MR) is 51.2 cm³/mol. The zero-order valence-corrected chi connectivity index (χ0v) is 8.80. The van der Waals surface area contributed by atoms with Crippen LogP contribution in [-0.2, 0) is 9.47 Å². The van der Waals surface area contributed by atoms with Gasteiger partial charge in [-0.1, -0.05) is 27.2 Å². The van der Waals surface area contributed by atoms with Gasteiger partial charge in [-0.15, -0.1) is 0 Å². The molecule has 0 aromatic carbocycles. The molecule has 1 aliphatic rings. The molecule has 1 aliphatic heterocycles. The third-order valence-electron chi connectivity index (χ3n) is 1.94. The van der Waals surface area contributed by atoms with E-state index in [0.717, 1.165) is 6.42 Å². The van der Waals surface area contributed by atoms with Crippen LogP contribution in [0.2, 0.25) is 0 Å². The highest BCUT2D eigenvalue weighted by atomic mass is 16.7. The highest BCUT2D eigenvalue weighted by Crippen LogP contribution is 2.22. The molecule has 1 heterocycles. The second-order valence-electron chi connectivity index (χ2n) is 2.79. The van der Waals surface area contributed by atoms with E-state index in [9.17, 15) is 0 Å². The number of hydrogen-bond acceptors (Lipinski definition) is 2. The molecule has 0 N–H and O–H groups in total. The smallest absolute Gasteiger partial charge is 0.157 e. The fraction of sp³-hybridized carbons (Fsp3) is 1.00. The number of hydrogen-bond donors (Lipinski definition) is 0. The van der Waals surface area contributed by atoms with Gasteiger partial charge in [0, 0.05) is 13.5 Å². The van der Waals surface area contributed by atoms with Crippen LogP contribution in [0, 0.1) is 0 Å². The second kappa shape index (κ2) is 7.56. The van der Waals surface area contributed by atoms with Crippen molar-refractivity contribution >= 4 is 0 Å². The van der Waals surface area contributed by atoms with Crippen molar-refractivity contribution in [3.8, 4) is 0 Å². The SMILES string of the molecule is CC.CCCC1CCC(OC)O1. The summed E-state index contributed by atoms with van der Waals surface area (Å²) < 4.78 is 10.6. The van der Waals surface area contributed by atoms with Gasteiger partial charge in [-0.2, -0.15) is 0 Å². The van der Waals surface area contributed by atoms with Gasteiger partial charge in [0.2, 0.25) is 0 Å². The molecule has 0 spiro atoms. The maximum absolute atomic E-state index is 5.53. The van der Waals surface area contributed by atoms with Crippen LogP contribution < -0.4 is 0 Å². The Morgan fingerprint density at radius 2 is 2.00 bits per heavy atom. The van der Waals surface area contributed by atoms with E-state index in [1.54, 1.807) is 7.11 Å². The van der Waals surface area contributed by atoms with Gasteiger partial charge in [0.15, 0.2) is 6.29 Å². The molecule has 0 aromatic rings. The maximum Gasteiger partial charge on any atom is 0.157 e. The summed E-state index contributed by atoms with van der Waals surface area (Å²) in [6.07, 6.45) is 5.18. The Morgan fingerprint density at radius 1 is 1.33 bits per heavy atom. The first-order valence-electron chi connectivity index (χ1n) is 5.05. The Bertz CT molecular complexity index is 93.8. The average molecular weight is 174 g/mol. The van der Waals surface area contributed by atoms with E-state index in [1.165, 1.54) is 19.3 Å². The topological polar surface area (TPSA) is 18.5 Å². The highest BCUT2D eigenvalue weighted by molar-refractivity contribution is 4.66. The van der Waals surface area contributed by atoms with Crippen molar-refractivity contribution in [1.82, 2.24) is 0 Å². The summed E-state index contributed by atoms with van der Waals surface area (Å²) in [4.78, 5) is 0. The number of ether oxygens (including phenoxy) is 2. The van der Waals surface area contributed by atoms with Gasteiger partial charge in [0.05, 0.1) is 6.10 Å².